The minimum Gasteiger partial charge on any atom is -0.304 e. The molecule has 0 saturated carbocycles. The zero-order chi connectivity index (χ0) is 17.0. The average molecular weight is 362 g/mol. The van der Waals surface area contributed by atoms with Crippen molar-refractivity contribution in [3.8, 4) is 0 Å². The second-order valence-corrected chi connectivity index (χ2v) is 8.62. The molecule has 9 heteroatoms. The number of hydrogen-bond donors (Lipinski definition) is 1. The van der Waals surface area contributed by atoms with E-state index >= 15 is 0 Å². The van der Waals surface area contributed by atoms with Gasteiger partial charge in [-0.2, -0.15) is 5.10 Å². The normalized spacial score (nSPS) is 17.9. The Morgan fingerprint density at radius 3 is 2.57 bits per heavy atom. The highest BCUT2D eigenvalue weighted by Gasteiger charge is 2.23. The van der Waals surface area contributed by atoms with E-state index in [1.165, 1.54) is 0 Å². The van der Waals surface area contributed by atoms with Crippen molar-refractivity contribution in [1.29, 1.82) is 0 Å². The van der Waals surface area contributed by atoms with Gasteiger partial charge >= 0.3 is 0 Å². The molecule has 1 aromatic heterocycles. The predicted molar refractivity (Wildman–Crippen MR) is 93.2 cm³/mol. The monoisotopic (exact) mass is 361 g/mol. The number of nitrogens with one attached hydrogen (secondary N) is 1. The minimum absolute atomic E-state index is 0.0454. The van der Waals surface area contributed by atoms with Crippen LogP contribution in [0.15, 0.2) is 6.33 Å². The van der Waals surface area contributed by atoms with Gasteiger partial charge in [0.1, 0.15) is 6.33 Å². The van der Waals surface area contributed by atoms with E-state index in [4.69, 9.17) is 12.2 Å². The molecule has 1 aliphatic heterocycles. The molecule has 0 unspecified atom stereocenters. The van der Waals surface area contributed by atoms with Crippen LogP contribution < -0.4 is 4.72 Å². The lowest BCUT2D eigenvalue weighted by molar-refractivity contribution is 0.157. The Balaban J connectivity index is 1.87. The topological polar surface area (TPSA) is 72.2 Å². The van der Waals surface area contributed by atoms with E-state index < -0.39 is 10.0 Å². The molecule has 23 heavy (non-hydrogen) atoms. The summed E-state index contributed by atoms with van der Waals surface area (Å²) in [4.78, 5) is 2.26. The summed E-state index contributed by atoms with van der Waals surface area (Å²) in [6.45, 7) is 8.38. The molecule has 1 fully saturated rings. The summed E-state index contributed by atoms with van der Waals surface area (Å²) >= 11 is 5.44. The molecule has 0 spiro atoms. The van der Waals surface area contributed by atoms with Crippen LogP contribution in [-0.4, -0.2) is 52.5 Å². The van der Waals surface area contributed by atoms with E-state index in [-0.39, 0.29) is 11.8 Å². The van der Waals surface area contributed by atoms with Crippen LogP contribution in [0.4, 0.5) is 0 Å². The van der Waals surface area contributed by atoms with E-state index in [0.717, 1.165) is 30.7 Å². The summed E-state index contributed by atoms with van der Waals surface area (Å²) in [5, 5.41) is 4.36. The third kappa shape index (κ3) is 5.10. The first-order valence-corrected chi connectivity index (χ1v) is 10.2. The highest BCUT2D eigenvalue weighted by atomic mass is 32.2. The van der Waals surface area contributed by atoms with Crippen LogP contribution in [-0.2, 0) is 16.7 Å². The zero-order valence-electron chi connectivity index (χ0n) is 14.1. The molecule has 0 atom stereocenters. The zero-order valence-corrected chi connectivity index (χ0v) is 15.7. The van der Waals surface area contributed by atoms with E-state index in [1.54, 1.807) is 6.33 Å². The van der Waals surface area contributed by atoms with Crippen molar-refractivity contribution in [3.63, 3.8) is 0 Å². The number of aromatic nitrogens is 3. The Labute approximate surface area is 143 Å². The van der Waals surface area contributed by atoms with Gasteiger partial charge in [-0.25, -0.2) is 17.8 Å². The summed E-state index contributed by atoms with van der Waals surface area (Å²) in [7, 11) is -3.13. The second-order valence-electron chi connectivity index (χ2n) is 6.38. The van der Waals surface area contributed by atoms with Crippen molar-refractivity contribution < 1.29 is 8.42 Å². The van der Waals surface area contributed by atoms with Crippen LogP contribution in [0.25, 0.3) is 0 Å². The average Bonchev–Trinajstić information content (AvgIpc) is 2.82. The molecule has 2 rings (SSSR count). The van der Waals surface area contributed by atoms with Gasteiger partial charge < -0.3 is 4.57 Å². The maximum atomic E-state index is 11.8. The first kappa shape index (κ1) is 18.6. The molecule has 1 N–H and O–H groups in total. The Morgan fingerprint density at radius 2 is 2.04 bits per heavy atom. The Morgan fingerprint density at radius 1 is 1.39 bits per heavy atom. The van der Waals surface area contributed by atoms with Gasteiger partial charge in [0.2, 0.25) is 10.0 Å². The molecular weight excluding hydrogens is 334 g/mol. The molecule has 1 aliphatic rings. The van der Waals surface area contributed by atoms with E-state index in [0.29, 0.717) is 19.1 Å². The third-order valence-electron chi connectivity index (χ3n) is 4.05. The highest BCUT2D eigenvalue weighted by molar-refractivity contribution is 7.89. The molecule has 1 aromatic rings. The lowest BCUT2D eigenvalue weighted by atomic mass is 10.1. The molecule has 0 radical (unpaired) electrons. The van der Waals surface area contributed by atoms with Crippen LogP contribution in [0.5, 0.6) is 0 Å². The van der Waals surface area contributed by atoms with E-state index in [1.807, 2.05) is 16.2 Å². The first-order chi connectivity index (χ1) is 10.8. The van der Waals surface area contributed by atoms with Crippen molar-refractivity contribution in [2.75, 3.05) is 18.8 Å². The van der Waals surface area contributed by atoms with Gasteiger partial charge in [-0.05, 0) is 45.3 Å². The summed E-state index contributed by atoms with van der Waals surface area (Å²) in [5.74, 6) is 0.203. The largest absolute Gasteiger partial charge is 0.304 e. The van der Waals surface area contributed by atoms with Crippen LogP contribution in [0, 0.1) is 4.77 Å². The fraction of sp³-hybridized carbons (Fsp3) is 0.857. The van der Waals surface area contributed by atoms with Gasteiger partial charge in [0.15, 0.2) is 4.77 Å². The number of piperidine rings is 1. The number of rotatable bonds is 7. The van der Waals surface area contributed by atoms with Crippen LogP contribution in [0.2, 0.25) is 0 Å². The van der Waals surface area contributed by atoms with Crippen molar-refractivity contribution in [1.82, 2.24) is 24.0 Å². The first-order valence-electron chi connectivity index (χ1n) is 8.18. The van der Waals surface area contributed by atoms with Crippen molar-refractivity contribution in [2.45, 2.75) is 58.8 Å². The molecule has 0 bridgehead atoms. The smallest absolute Gasteiger partial charge is 0.211 e. The fourth-order valence-electron chi connectivity index (χ4n) is 2.76. The standard InChI is InChI=1S/C14H27N5O2S2/c1-4-9-23(20,21)16-13-5-7-17(8-6-13)11-19-14(22)18(10-15-19)12(2)3/h10,12-13,16H,4-9,11H2,1-3H3. The second kappa shape index (κ2) is 7.87. The molecule has 0 amide bonds. The van der Waals surface area contributed by atoms with Crippen molar-refractivity contribution in [2.24, 2.45) is 0 Å². The maximum absolute atomic E-state index is 11.8. The molecule has 2 heterocycles. The van der Waals surface area contributed by atoms with Gasteiger partial charge in [-0.3, -0.25) is 4.90 Å². The summed E-state index contributed by atoms with van der Waals surface area (Å²) < 4.78 is 31.0. The van der Waals surface area contributed by atoms with Crippen LogP contribution >= 0.6 is 12.2 Å². The number of likely N-dealkylation sites (tertiary alicyclic amines) is 1. The van der Waals surface area contributed by atoms with Gasteiger partial charge in [-0.15, -0.1) is 0 Å². The SMILES string of the molecule is CCCS(=O)(=O)NC1CCN(Cn2ncn(C(C)C)c2=S)CC1. The Kier molecular flexibility index (Phi) is 6.35. The van der Waals surface area contributed by atoms with Gasteiger partial charge in [-0.1, -0.05) is 6.92 Å². The Hall–Kier alpha value is -0.770. The Bertz CT molecular complexity index is 657. The lowest BCUT2D eigenvalue weighted by Crippen LogP contribution is -2.45. The third-order valence-corrected chi connectivity index (χ3v) is 6.11. The number of sulfonamides is 1. The van der Waals surface area contributed by atoms with Crippen molar-refractivity contribution in [3.05, 3.63) is 11.1 Å². The molecule has 7 nitrogen and oxygen atoms in total. The summed E-state index contributed by atoms with van der Waals surface area (Å²) in [5.41, 5.74) is 0. The number of nitrogens with zero attached hydrogens (tertiary/aromatic N) is 4. The van der Waals surface area contributed by atoms with Crippen LogP contribution in [0.3, 0.4) is 0 Å². The molecular formula is C14H27N5O2S2. The lowest BCUT2D eigenvalue weighted by Gasteiger charge is -2.31. The van der Waals surface area contributed by atoms with Gasteiger partial charge in [0.05, 0.1) is 12.4 Å². The molecule has 0 aromatic carbocycles. The van der Waals surface area contributed by atoms with Gasteiger partial charge in [0, 0.05) is 25.2 Å². The maximum Gasteiger partial charge on any atom is 0.211 e. The minimum atomic E-state index is -3.13. The predicted octanol–water partition coefficient (Wildman–Crippen LogP) is 1.75. The van der Waals surface area contributed by atoms with E-state index in [9.17, 15) is 8.42 Å². The summed E-state index contributed by atoms with van der Waals surface area (Å²) in [6, 6.07) is 0.346. The van der Waals surface area contributed by atoms with Crippen LogP contribution in [0.1, 0.15) is 46.1 Å². The molecule has 1 saturated heterocycles. The van der Waals surface area contributed by atoms with Gasteiger partial charge in [0.25, 0.3) is 0 Å². The highest BCUT2D eigenvalue weighted by Crippen LogP contribution is 2.13. The molecule has 0 aliphatic carbocycles. The molecule has 132 valence electrons. The van der Waals surface area contributed by atoms with Crippen molar-refractivity contribution >= 4 is 22.2 Å². The number of hydrogen-bond acceptors (Lipinski definition) is 5. The summed E-state index contributed by atoms with van der Waals surface area (Å²) in [6.07, 6.45) is 4.06. The fourth-order valence-corrected chi connectivity index (χ4v) is 4.53. The quantitative estimate of drug-likeness (QED) is 0.749. The van der Waals surface area contributed by atoms with E-state index in [2.05, 4.69) is 28.6 Å².